The van der Waals surface area contributed by atoms with Gasteiger partial charge in [0.25, 0.3) is 5.89 Å². The third-order valence-corrected chi connectivity index (χ3v) is 4.66. The summed E-state index contributed by atoms with van der Waals surface area (Å²) in [6, 6.07) is 11.2. The average Bonchev–Trinajstić information content (AvgIpc) is 3.32. The molecular formula is C20H21N3O4. The van der Waals surface area contributed by atoms with E-state index in [1.165, 1.54) is 0 Å². The third kappa shape index (κ3) is 3.59. The van der Waals surface area contributed by atoms with Gasteiger partial charge in [0, 0.05) is 31.4 Å². The van der Waals surface area contributed by atoms with Crippen LogP contribution in [0.4, 0.5) is 5.69 Å². The lowest BCUT2D eigenvalue weighted by molar-refractivity contribution is -0.121. The minimum atomic E-state index is 0.0573. The number of hydrogen-bond donors (Lipinski definition) is 0. The fourth-order valence-electron chi connectivity index (χ4n) is 3.20. The highest BCUT2D eigenvalue weighted by Crippen LogP contribution is 2.25. The van der Waals surface area contributed by atoms with Gasteiger partial charge in [-0.15, -0.1) is 0 Å². The molecule has 1 aliphatic heterocycles. The Kier molecular flexibility index (Phi) is 4.68. The van der Waals surface area contributed by atoms with Gasteiger partial charge in [0.1, 0.15) is 11.5 Å². The van der Waals surface area contributed by atoms with Gasteiger partial charge in [-0.1, -0.05) is 6.07 Å². The van der Waals surface area contributed by atoms with Gasteiger partial charge in [0.05, 0.1) is 25.6 Å². The van der Waals surface area contributed by atoms with Crippen molar-refractivity contribution in [2.24, 2.45) is 0 Å². The Hall–Kier alpha value is -3.06. The Labute approximate surface area is 157 Å². The Morgan fingerprint density at radius 1 is 1.22 bits per heavy atom. The van der Waals surface area contributed by atoms with E-state index in [2.05, 4.69) is 9.88 Å². The average molecular weight is 367 g/mol. The number of anilines is 1. The molecule has 1 saturated heterocycles. The van der Waals surface area contributed by atoms with E-state index in [0.29, 0.717) is 31.3 Å². The number of methoxy groups -OCH3 is 1. The van der Waals surface area contributed by atoms with Crippen molar-refractivity contribution in [2.45, 2.75) is 13.5 Å². The largest absolute Gasteiger partial charge is 0.497 e. The summed E-state index contributed by atoms with van der Waals surface area (Å²) >= 11 is 0. The van der Waals surface area contributed by atoms with E-state index in [4.69, 9.17) is 13.6 Å². The second-order valence-electron chi connectivity index (χ2n) is 6.46. The van der Waals surface area contributed by atoms with Crippen LogP contribution in [0.1, 0.15) is 11.5 Å². The van der Waals surface area contributed by atoms with Crippen molar-refractivity contribution in [3.05, 3.63) is 54.1 Å². The molecule has 0 bridgehead atoms. The fourth-order valence-corrected chi connectivity index (χ4v) is 3.20. The lowest BCUT2D eigenvalue weighted by Crippen LogP contribution is -2.50. The van der Waals surface area contributed by atoms with Crippen LogP contribution in [-0.2, 0) is 11.3 Å². The molecule has 7 heteroatoms. The monoisotopic (exact) mass is 367 g/mol. The molecule has 0 saturated carbocycles. The van der Waals surface area contributed by atoms with E-state index < -0.39 is 0 Å². The summed E-state index contributed by atoms with van der Waals surface area (Å²) < 4.78 is 16.3. The summed E-state index contributed by atoms with van der Waals surface area (Å²) in [6.07, 6.45) is 1.59. The van der Waals surface area contributed by atoms with Gasteiger partial charge in [0.15, 0.2) is 5.76 Å². The summed E-state index contributed by atoms with van der Waals surface area (Å²) in [5.74, 6) is 2.61. The van der Waals surface area contributed by atoms with Crippen LogP contribution in [0, 0.1) is 6.92 Å². The first-order valence-electron chi connectivity index (χ1n) is 8.81. The van der Waals surface area contributed by atoms with E-state index >= 15 is 0 Å². The molecule has 1 aromatic carbocycles. The van der Waals surface area contributed by atoms with Gasteiger partial charge in [-0.2, -0.15) is 0 Å². The molecule has 3 aromatic rings. The number of nitrogens with zero attached hydrogens (tertiary/aromatic N) is 3. The summed E-state index contributed by atoms with van der Waals surface area (Å²) in [5.41, 5.74) is 1.68. The number of benzene rings is 1. The third-order valence-electron chi connectivity index (χ3n) is 4.66. The van der Waals surface area contributed by atoms with E-state index in [1.807, 2.05) is 37.3 Å². The molecule has 0 N–H and O–H groups in total. The number of hydrogen-bond acceptors (Lipinski definition) is 6. The number of ether oxygens (including phenoxy) is 1. The van der Waals surface area contributed by atoms with E-state index in [9.17, 15) is 4.79 Å². The van der Waals surface area contributed by atoms with Crippen molar-refractivity contribution >= 4 is 11.6 Å². The molecule has 27 heavy (non-hydrogen) atoms. The molecule has 7 nitrogen and oxygen atoms in total. The molecule has 4 rings (SSSR count). The Balaban J connectivity index is 1.44. The van der Waals surface area contributed by atoms with Crippen molar-refractivity contribution < 1.29 is 18.4 Å². The number of aromatic nitrogens is 1. The lowest BCUT2D eigenvalue weighted by atomic mass is 10.2. The molecule has 0 aliphatic carbocycles. The highest BCUT2D eigenvalue weighted by molar-refractivity contribution is 5.95. The van der Waals surface area contributed by atoms with Crippen molar-refractivity contribution in [1.29, 1.82) is 0 Å². The standard InChI is InChI=1S/C20H21N3O4/c1-14-17(21-20(27-14)18-7-4-10-26-18)12-22-8-9-23(19(24)13-22)15-5-3-6-16(11-15)25-2/h3-7,10-11H,8-9,12-13H2,1-2H3. The molecule has 3 heterocycles. The Morgan fingerprint density at radius 3 is 2.85 bits per heavy atom. The Morgan fingerprint density at radius 2 is 2.11 bits per heavy atom. The van der Waals surface area contributed by atoms with Crippen LogP contribution in [-0.4, -0.2) is 42.5 Å². The van der Waals surface area contributed by atoms with Gasteiger partial charge >= 0.3 is 0 Å². The maximum Gasteiger partial charge on any atom is 0.263 e. The quantitative estimate of drug-likeness (QED) is 0.690. The van der Waals surface area contributed by atoms with Gasteiger partial charge in [0.2, 0.25) is 5.91 Å². The Bertz CT molecular complexity index is 933. The minimum Gasteiger partial charge on any atom is -0.497 e. The fraction of sp³-hybridized carbons (Fsp3) is 0.300. The first-order valence-corrected chi connectivity index (χ1v) is 8.81. The van der Waals surface area contributed by atoms with Crippen LogP contribution in [0.15, 0.2) is 51.5 Å². The minimum absolute atomic E-state index is 0.0573. The predicted molar refractivity (Wildman–Crippen MR) is 99.6 cm³/mol. The van der Waals surface area contributed by atoms with Gasteiger partial charge < -0.3 is 18.5 Å². The summed E-state index contributed by atoms with van der Waals surface area (Å²) in [7, 11) is 1.62. The van der Waals surface area contributed by atoms with Crippen molar-refractivity contribution in [2.75, 3.05) is 31.6 Å². The molecule has 1 amide bonds. The molecule has 1 aliphatic rings. The first-order chi connectivity index (χ1) is 13.1. The van der Waals surface area contributed by atoms with E-state index in [0.717, 1.165) is 29.4 Å². The number of aryl methyl sites for hydroxylation is 1. The molecule has 1 fully saturated rings. The number of carbonyl (C=O) groups excluding carboxylic acids is 1. The number of rotatable bonds is 5. The van der Waals surface area contributed by atoms with Crippen molar-refractivity contribution in [3.63, 3.8) is 0 Å². The van der Waals surface area contributed by atoms with Crippen molar-refractivity contribution in [3.8, 4) is 17.4 Å². The molecule has 0 unspecified atom stereocenters. The number of piperazine rings is 1. The smallest absolute Gasteiger partial charge is 0.263 e. The highest BCUT2D eigenvalue weighted by atomic mass is 16.5. The first kappa shape index (κ1) is 17.4. The zero-order valence-corrected chi connectivity index (χ0v) is 15.3. The molecule has 0 atom stereocenters. The summed E-state index contributed by atoms with van der Waals surface area (Å²) in [4.78, 5) is 21.1. The van der Waals surface area contributed by atoms with Crippen molar-refractivity contribution in [1.82, 2.24) is 9.88 Å². The normalized spacial score (nSPS) is 15.3. The van der Waals surface area contributed by atoms with Crippen LogP contribution in [0.25, 0.3) is 11.7 Å². The van der Waals surface area contributed by atoms with Crippen LogP contribution < -0.4 is 9.64 Å². The highest BCUT2D eigenvalue weighted by Gasteiger charge is 2.26. The van der Waals surface area contributed by atoms with Crippen LogP contribution in [0.3, 0.4) is 0 Å². The van der Waals surface area contributed by atoms with Crippen LogP contribution in [0.5, 0.6) is 5.75 Å². The van der Waals surface area contributed by atoms with E-state index in [1.54, 1.807) is 24.3 Å². The number of furan rings is 1. The van der Waals surface area contributed by atoms with Crippen LogP contribution >= 0.6 is 0 Å². The van der Waals surface area contributed by atoms with Gasteiger partial charge in [-0.3, -0.25) is 9.69 Å². The van der Waals surface area contributed by atoms with Gasteiger partial charge in [-0.25, -0.2) is 4.98 Å². The SMILES string of the molecule is COc1cccc(N2CCN(Cc3nc(-c4ccco4)oc3C)CC2=O)c1. The zero-order valence-electron chi connectivity index (χ0n) is 15.3. The maximum absolute atomic E-state index is 12.7. The summed E-state index contributed by atoms with van der Waals surface area (Å²) in [5, 5.41) is 0. The lowest BCUT2D eigenvalue weighted by Gasteiger charge is -2.34. The van der Waals surface area contributed by atoms with E-state index in [-0.39, 0.29) is 5.91 Å². The summed E-state index contributed by atoms with van der Waals surface area (Å²) in [6.45, 7) is 4.15. The second kappa shape index (κ2) is 7.28. The number of amides is 1. The molecule has 0 spiro atoms. The van der Waals surface area contributed by atoms with Gasteiger partial charge in [-0.05, 0) is 31.2 Å². The second-order valence-corrected chi connectivity index (χ2v) is 6.46. The molecule has 0 radical (unpaired) electrons. The number of oxazole rings is 1. The maximum atomic E-state index is 12.7. The molecule has 140 valence electrons. The van der Waals surface area contributed by atoms with Crippen LogP contribution in [0.2, 0.25) is 0 Å². The topological polar surface area (TPSA) is 72.0 Å². The molecule has 2 aromatic heterocycles. The zero-order chi connectivity index (χ0) is 18.8. The number of carbonyl (C=O) groups is 1. The molecular weight excluding hydrogens is 346 g/mol. The predicted octanol–water partition coefficient (Wildman–Crippen LogP) is 3.10.